The maximum Gasteiger partial charge on any atom is 0.0870 e. The van der Waals surface area contributed by atoms with Gasteiger partial charge < -0.3 is 19.8 Å². The molecule has 5 heteroatoms. The third-order valence-electron chi connectivity index (χ3n) is 0.167. The number of aliphatic carboxylic acids is 2. The molecule has 0 saturated heterocycles. The van der Waals surface area contributed by atoms with Crippen LogP contribution >= 0.6 is 0 Å². The predicted octanol–water partition coefficient (Wildman–Crippen LogP) is -3.89. The Morgan fingerprint density at radius 1 is 1.00 bits per heavy atom. The van der Waals surface area contributed by atoms with E-state index in [1.807, 2.05) is 0 Å². The van der Waals surface area contributed by atoms with E-state index in [-0.39, 0.29) is 37.7 Å². The van der Waals surface area contributed by atoms with Gasteiger partial charge in [0.15, 0.2) is 0 Å². The van der Waals surface area contributed by atoms with E-state index in [1.165, 1.54) is 0 Å². The van der Waals surface area contributed by atoms with Gasteiger partial charge in [0.05, 0.1) is 11.9 Å². The molecule has 0 heterocycles. The van der Waals surface area contributed by atoms with Gasteiger partial charge in [-0.25, -0.2) is 0 Å². The van der Waals surface area contributed by atoms with E-state index in [0.717, 1.165) is 0 Å². The molecule has 0 unspecified atom stereocenters. The van der Waals surface area contributed by atoms with Gasteiger partial charge in [0.2, 0.25) is 0 Å². The van der Waals surface area contributed by atoms with Crippen LogP contribution in [0.3, 0.4) is 0 Å². The summed E-state index contributed by atoms with van der Waals surface area (Å²) in [5, 5.41) is 17.9. The molecule has 0 aromatic heterocycles. The first-order chi connectivity index (χ1) is 2.64. The van der Waals surface area contributed by atoms with E-state index in [4.69, 9.17) is 19.8 Å². The van der Waals surface area contributed by atoms with Gasteiger partial charge in [0.25, 0.3) is 0 Å². The number of rotatable bonds is 0. The maximum absolute atomic E-state index is 8.93. The van der Waals surface area contributed by atoms with Gasteiger partial charge in [0, 0.05) is 37.7 Å². The smallest absolute Gasteiger partial charge is 0.0870 e. The van der Waals surface area contributed by atoms with Gasteiger partial charge in [0.1, 0.15) is 0 Å². The van der Waals surface area contributed by atoms with Crippen molar-refractivity contribution in [3.8, 4) is 0 Å². The van der Waals surface area contributed by atoms with E-state index >= 15 is 0 Å². The zero-order valence-corrected chi connectivity index (χ0v) is 5.55. The van der Waals surface area contributed by atoms with Crippen LogP contribution in [0.1, 0.15) is 0 Å². The molecule has 0 N–H and O–H groups in total. The number of carbonyl (C=O) groups excluding carboxylic acids is 2. The number of carbonyl (C=O) groups is 2. The van der Waals surface area contributed by atoms with Crippen LogP contribution in [-0.2, 0) is 9.59 Å². The van der Waals surface area contributed by atoms with Gasteiger partial charge in [-0.05, 0) is 0 Å². The topological polar surface area (TPSA) is 80.3 Å². The molecule has 0 atom stereocenters. The van der Waals surface area contributed by atoms with Crippen molar-refractivity contribution < 1.29 is 19.8 Å². The summed E-state index contributed by atoms with van der Waals surface area (Å²) < 4.78 is 0. The van der Waals surface area contributed by atoms with Crippen LogP contribution in [0.2, 0.25) is 0 Å². The van der Waals surface area contributed by atoms with Crippen LogP contribution in [0.15, 0.2) is 0 Å². The normalized spacial score (nSPS) is 6.29. The molecule has 0 bridgehead atoms. The SMILES string of the molecule is O=C([O-])C(=O)[O-].[Ca]. The van der Waals surface area contributed by atoms with Crippen LogP contribution < -0.4 is 10.2 Å². The Morgan fingerprint density at radius 3 is 1.14 bits per heavy atom. The van der Waals surface area contributed by atoms with Crippen LogP contribution in [-0.4, -0.2) is 49.7 Å². The van der Waals surface area contributed by atoms with Crippen molar-refractivity contribution in [2.45, 2.75) is 0 Å². The van der Waals surface area contributed by atoms with Gasteiger partial charge in [-0.1, -0.05) is 0 Å². The molecular weight excluding hydrogens is 128 g/mol. The summed E-state index contributed by atoms with van der Waals surface area (Å²) >= 11 is 0. The zero-order valence-electron chi connectivity index (χ0n) is 3.34. The molecule has 0 aromatic rings. The van der Waals surface area contributed by atoms with E-state index in [1.54, 1.807) is 0 Å². The molecular formula is C2CaO4-2. The fraction of sp³-hybridized carbons (Fsp3) is 0. The molecule has 36 valence electrons. The Hall–Kier alpha value is 0.200. The first-order valence-electron chi connectivity index (χ1n) is 1.07. The molecule has 0 amide bonds. The number of carboxylic acids is 2. The summed E-state index contributed by atoms with van der Waals surface area (Å²) in [7, 11) is 0. The molecule has 0 aromatic carbocycles. The molecule has 0 fully saturated rings. The van der Waals surface area contributed by atoms with E-state index in [0.29, 0.717) is 0 Å². The summed E-state index contributed by atoms with van der Waals surface area (Å²) in [6.45, 7) is 0. The third kappa shape index (κ3) is 6.20. The molecule has 4 nitrogen and oxygen atoms in total. The molecule has 0 aliphatic rings. The standard InChI is InChI=1S/C2H2O4.Ca/c3-1(4)2(5)6;/h(H,3,4)(H,5,6);/p-2. The van der Waals surface area contributed by atoms with Crippen molar-refractivity contribution in [3.63, 3.8) is 0 Å². The average molecular weight is 128 g/mol. The van der Waals surface area contributed by atoms with Gasteiger partial charge in [-0.15, -0.1) is 0 Å². The first-order valence-corrected chi connectivity index (χ1v) is 1.07. The van der Waals surface area contributed by atoms with Crippen molar-refractivity contribution >= 4 is 49.7 Å². The molecule has 0 spiro atoms. The minimum Gasteiger partial charge on any atom is -0.543 e. The third-order valence-corrected chi connectivity index (χ3v) is 0.167. The summed E-state index contributed by atoms with van der Waals surface area (Å²) in [5.74, 6) is -4.37. The summed E-state index contributed by atoms with van der Waals surface area (Å²) in [6.07, 6.45) is 0. The largest absolute Gasteiger partial charge is 0.543 e. The number of carboxylic acid groups (broad SMARTS) is 2. The monoisotopic (exact) mass is 128 g/mol. The first kappa shape index (κ1) is 10.2. The van der Waals surface area contributed by atoms with Gasteiger partial charge in [-0.3, -0.25) is 0 Å². The maximum atomic E-state index is 8.93. The Kier molecular flexibility index (Phi) is 6.38. The molecule has 7 heavy (non-hydrogen) atoms. The number of hydrogen-bond donors (Lipinski definition) is 0. The molecule has 0 aliphatic heterocycles. The molecule has 0 saturated carbocycles. The van der Waals surface area contributed by atoms with Crippen molar-refractivity contribution in [1.29, 1.82) is 0 Å². The minimum absolute atomic E-state index is 0. The quantitative estimate of drug-likeness (QED) is 0.247. The second-order valence-electron chi connectivity index (χ2n) is 0.575. The minimum atomic E-state index is -2.19. The van der Waals surface area contributed by atoms with Crippen LogP contribution in [0, 0.1) is 0 Å². The van der Waals surface area contributed by atoms with Crippen molar-refractivity contribution in [3.05, 3.63) is 0 Å². The molecule has 0 rings (SSSR count). The van der Waals surface area contributed by atoms with Gasteiger partial charge >= 0.3 is 0 Å². The Morgan fingerprint density at radius 2 is 1.14 bits per heavy atom. The zero-order chi connectivity index (χ0) is 5.15. The fourth-order valence-corrected chi connectivity index (χ4v) is 0. The van der Waals surface area contributed by atoms with Crippen LogP contribution in [0.5, 0.6) is 0 Å². The fourth-order valence-electron chi connectivity index (χ4n) is 0. The second kappa shape index (κ2) is 4.36. The van der Waals surface area contributed by atoms with Crippen LogP contribution in [0.4, 0.5) is 0 Å². The Labute approximate surface area is 69.1 Å². The molecule has 0 aliphatic carbocycles. The summed E-state index contributed by atoms with van der Waals surface area (Å²) in [5.41, 5.74) is 0. The van der Waals surface area contributed by atoms with Crippen molar-refractivity contribution in [2.75, 3.05) is 0 Å². The van der Waals surface area contributed by atoms with Crippen molar-refractivity contribution in [1.82, 2.24) is 0 Å². The number of hydrogen-bond acceptors (Lipinski definition) is 4. The average Bonchev–Trinajstić information content (AvgIpc) is 1.36. The van der Waals surface area contributed by atoms with E-state index in [2.05, 4.69) is 0 Å². The van der Waals surface area contributed by atoms with E-state index in [9.17, 15) is 0 Å². The summed E-state index contributed by atoms with van der Waals surface area (Å²) in [6, 6.07) is 0. The summed E-state index contributed by atoms with van der Waals surface area (Å²) in [4.78, 5) is 17.9. The molecule has 2 radical (unpaired) electrons. The Bertz CT molecular complexity index is 75.7. The van der Waals surface area contributed by atoms with Crippen LogP contribution in [0.25, 0.3) is 0 Å². The Balaban J connectivity index is 0. The predicted molar refractivity (Wildman–Crippen MR) is 15.8 cm³/mol. The second-order valence-corrected chi connectivity index (χ2v) is 0.575. The van der Waals surface area contributed by atoms with Crippen molar-refractivity contribution in [2.24, 2.45) is 0 Å². The van der Waals surface area contributed by atoms with E-state index < -0.39 is 11.9 Å². The van der Waals surface area contributed by atoms with Gasteiger partial charge in [-0.2, -0.15) is 0 Å².